The Hall–Kier alpha value is -1.51. The van der Waals surface area contributed by atoms with Gasteiger partial charge in [-0.3, -0.25) is 4.79 Å². The van der Waals surface area contributed by atoms with Gasteiger partial charge in [-0.25, -0.2) is 0 Å². The summed E-state index contributed by atoms with van der Waals surface area (Å²) in [5.74, 6) is -0.786. The summed E-state index contributed by atoms with van der Waals surface area (Å²) in [6.45, 7) is 9.94. The van der Waals surface area contributed by atoms with Crippen molar-refractivity contribution in [3.63, 3.8) is 0 Å². The third kappa shape index (κ3) is 6.94. The first-order valence-corrected chi connectivity index (χ1v) is 6.49. The standard InChI is InChI=1S/C11H15NO2.2C2H6/c1-8-6-10(12(2)3)5-4-9(8)7-11(13)14;2*1-2/h4-6H,7H2,1-3H3,(H,13,14);2*1-2H3. The molecule has 1 aromatic carbocycles. The van der Waals surface area contributed by atoms with Gasteiger partial charge >= 0.3 is 5.97 Å². The van der Waals surface area contributed by atoms with Crippen molar-refractivity contribution in [3.8, 4) is 0 Å². The number of rotatable bonds is 3. The highest BCUT2D eigenvalue weighted by Gasteiger charge is 2.05. The zero-order valence-electron chi connectivity index (χ0n) is 12.7. The van der Waals surface area contributed by atoms with Crippen LogP contribution < -0.4 is 4.90 Å². The van der Waals surface area contributed by atoms with Crippen LogP contribution in [-0.4, -0.2) is 25.2 Å². The SMILES string of the molecule is CC.CC.Cc1cc(N(C)C)ccc1CC(=O)O. The van der Waals surface area contributed by atoms with Gasteiger partial charge in [0, 0.05) is 19.8 Å². The average Bonchev–Trinajstić information content (AvgIpc) is 2.36. The lowest BCUT2D eigenvalue weighted by Gasteiger charge is -2.14. The van der Waals surface area contributed by atoms with E-state index in [0.717, 1.165) is 16.8 Å². The lowest BCUT2D eigenvalue weighted by molar-refractivity contribution is -0.136. The number of anilines is 1. The molecule has 0 heterocycles. The minimum Gasteiger partial charge on any atom is -0.481 e. The van der Waals surface area contributed by atoms with E-state index in [0.29, 0.717) is 0 Å². The summed E-state index contributed by atoms with van der Waals surface area (Å²) in [6, 6.07) is 5.81. The maximum absolute atomic E-state index is 10.5. The van der Waals surface area contributed by atoms with Crippen molar-refractivity contribution >= 4 is 11.7 Å². The Morgan fingerprint density at radius 3 is 2.00 bits per heavy atom. The van der Waals surface area contributed by atoms with Gasteiger partial charge in [-0.1, -0.05) is 33.8 Å². The molecule has 1 rings (SSSR count). The number of carbonyl (C=O) groups is 1. The second-order valence-corrected chi connectivity index (χ2v) is 3.58. The number of carboxylic acid groups (broad SMARTS) is 1. The monoisotopic (exact) mass is 253 g/mol. The Labute approximate surface area is 111 Å². The van der Waals surface area contributed by atoms with Crippen molar-refractivity contribution in [2.45, 2.75) is 41.0 Å². The number of hydrogen-bond acceptors (Lipinski definition) is 2. The quantitative estimate of drug-likeness (QED) is 0.892. The van der Waals surface area contributed by atoms with E-state index in [1.165, 1.54) is 0 Å². The van der Waals surface area contributed by atoms with Gasteiger partial charge < -0.3 is 10.0 Å². The lowest BCUT2D eigenvalue weighted by atomic mass is 10.0. The number of hydrogen-bond donors (Lipinski definition) is 1. The van der Waals surface area contributed by atoms with Gasteiger partial charge in [0.25, 0.3) is 0 Å². The second kappa shape index (κ2) is 10.6. The first-order chi connectivity index (χ1) is 8.50. The van der Waals surface area contributed by atoms with E-state index >= 15 is 0 Å². The molecule has 1 aromatic rings. The molecule has 0 aliphatic heterocycles. The van der Waals surface area contributed by atoms with Crippen molar-refractivity contribution < 1.29 is 9.90 Å². The van der Waals surface area contributed by atoms with Crippen molar-refractivity contribution in [1.29, 1.82) is 0 Å². The van der Waals surface area contributed by atoms with Crippen LogP contribution in [0.15, 0.2) is 18.2 Å². The number of aliphatic carboxylic acids is 1. The molecule has 0 bridgehead atoms. The highest BCUT2D eigenvalue weighted by molar-refractivity contribution is 5.71. The number of carboxylic acids is 1. The third-order valence-corrected chi connectivity index (χ3v) is 2.18. The van der Waals surface area contributed by atoms with Crippen LogP contribution in [0.25, 0.3) is 0 Å². The van der Waals surface area contributed by atoms with E-state index in [2.05, 4.69) is 0 Å². The predicted molar refractivity (Wildman–Crippen MR) is 79.5 cm³/mol. The summed E-state index contributed by atoms with van der Waals surface area (Å²) in [4.78, 5) is 12.5. The van der Waals surface area contributed by atoms with Crippen molar-refractivity contribution in [3.05, 3.63) is 29.3 Å². The van der Waals surface area contributed by atoms with Gasteiger partial charge in [-0.2, -0.15) is 0 Å². The van der Waals surface area contributed by atoms with E-state index in [1.807, 2.05) is 71.8 Å². The number of nitrogens with zero attached hydrogens (tertiary/aromatic N) is 1. The first kappa shape index (κ1) is 18.8. The fourth-order valence-corrected chi connectivity index (χ4v) is 1.32. The van der Waals surface area contributed by atoms with Crippen LogP contribution in [-0.2, 0) is 11.2 Å². The summed E-state index contributed by atoms with van der Waals surface area (Å²) < 4.78 is 0. The van der Waals surface area contributed by atoms with Gasteiger partial charge in [0.05, 0.1) is 6.42 Å². The molecule has 1 N–H and O–H groups in total. The molecular weight excluding hydrogens is 226 g/mol. The molecule has 0 unspecified atom stereocenters. The van der Waals surface area contributed by atoms with E-state index in [4.69, 9.17) is 5.11 Å². The molecule has 0 spiro atoms. The Morgan fingerprint density at radius 2 is 1.67 bits per heavy atom. The topological polar surface area (TPSA) is 40.5 Å². The normalized spacial score (nSPS) is 8.39. The number of benzene rings is 1. The van der Waals surface area contributed by atoms with E-state index in [-0.39, 0.29) is 6.42 Å². The van der Waals surface area contributed by atoms with E-state index < -0.39 is 5.97 Å². The fourth-order valence-electron chi connectivity index (χ4n) is 1.32. The molecule has 0 fully saturated rings. The van der Waals surface area contributed by atoms with E-state index in [1.54, 1.807) is 0 Å². The van der Waals surface area contributed by atoms with Gasteiger partial charge in [0.2, 0.25) is 0 Å². The van der Waals surface area contributed by atoms with Crippen molar-refractivity contribution in [2.75, 3.05) is 19.0 Å². The Morgan fingerprint density at radius 1 is 1.17 bits per heavy atom. The lowest BCUT2D eigenvalue weighted by Crippen LogP contribution is -2.09. The van der Waals surface area contributed by atoms with Crippen LogP contribution in [0.3, 0.4) is 0 Å². The molecule has 3 nitrogen and oxygen atoms in total. The second-order valence-electron chi connectivity index (χ2n) is 3.58. The molecule has 0 atom stereocenters. The van der Waals surface area contributed by atoms with Crippen LogP contribution in [0.1, 0.15) is 38.8 Å². The maximum atomic E-state index is 10.5. The molecule has 0 aliphatic rings. The minimum atomic E-state index is -0.786. The van der Waals surface area contributed by atoms with Gasteiger partial charge in [0.15, 0.2) is 0 Å². The molecule has 0 aliphatic carbocycles. The molecule has 0 saturated heterocycles. The molecule has 0 aromatic heterocycles. The van der Waals surface area contributed by atoms with Gasteiger partial charge in [-0.05, 0) is 30.2 Å². The summed E-state index contributed by atoms with van der Waals surface area (Å²) in [5.41, 5.74) is 3.00. The highest BCUT2D eigenvalue weighted by Crippen LogP contribution is 2.17. The molecule has 0 saturated carbocycles. The summed E-state index contributed by atoms with van der Waals surface area (Å²) in [7, 11) is 3.93. The molecule has 18 heavy (non-hydrogen) atoms. The first-order valence-electron chi connectivity index (χ1n) is 6.49. The Balaban J connectivity index is 0. The largest absolute Gasteiger partial charge is 0.481 e. The predicted octanol–water partition coefficient (Wildman–Crippen LogP) is 3.74. The summed E-state index contributed by atoms with van der Waals surface area (Å²) in [5, 5.41) is 8.66. The smallest absolute Gasteiger partial charge is 0.307 e. The minimum absolute atomic E-state index is 0.0968. The number of aryl methyl sites for hydroxylation is 1. The molecule has 0 radical (unpaired) electrons. The Kier molecular flexibility index (Phi) is 11.1. The molecule has 104 valence electrons. The highest BCUT2D eigenvalue weighted by atomic mass is 16.4. The zero-order valence-corrected chi connectivity index (χ0v) is 12.7. The molecular formula is C15H27NO2. The average molecular weight is 253 g/mol. The zero-order chi connectivity index (χ0) is 14.7. The fraction of sp³-hybridized carbons (Fsp3) is 0.533. The van der Waals surface area contributed by atoms with E-state index in [9.17, 15) is 4.79 Å². The van der Waals surface area contributed by atoms with Crippen LogP contribution in [0.2, 0.25) is 0 Å². The van der Waals surface area contributed by atoms with Crippen molar-refractivity contribution in [2.24, 2.45) is 0 Å². The molecule has 0 amide bonds. The third-order valence-electron chi connectivity index (χ3n) is 2.18. The maximum Gasteiger partial charge on any atom is 0.307 e. The van der Waals surface area contributed by atoms with Crippen LogP contribution in [0.4, 0.5) is 5.69 Å². The van der Waals surface area contributed by atoms with Crippen LogP contribution in [0.5, 0.6) is 0 Å². The summed E-state index contributed by atoms with van der Waals surface area (Å²) in [6.07, 6.45) is 0.0968. The van der Waals surface area contributed by atoms with Crippen molar-refractivity contribution in [1.82, 2.24) is 0 Å². The Bertz CT molecular complexity index is 346. The van der Waals surface area contributed by atoms with Gasteiger partial charge in [0.1, 0.15) is 0 Å². The summed E-state index contributed by atoms with van der Waals surface area (Å²) >= 11 is 0. The molecule has 3 heteroatoms. The van der Waals surface area contributed by atoms with Crippen LogP contribution >= 0.6 is 0 Å². The van der Waals surface area contributed by atoms with Gasteiger partial charge in [-0.15, -0.1) is 0 Å². The van der Waals surface area contributed by atoms with Crippen LogP contribution in [0, 0.1) is 6.92 Å².